The zero-order chi connectivity index (χ0) is 19.8. The van der Waals surface area contributed by atoms with E-state index in [4.69, 9.17) is 16.0 Å². The van der Waals surface area contributed by atoms with E-state index in [9.17, 15) is 4.79 Å². The first kappa shape index (κ1) is 19.0. The number of aromatic nitrogens is 1. The van der Waals surface area contributed by atoms with Gasteiger partial charge in [0, 0.05) is 14.8 Å². The number of aryl methyl sites for hydroxylation is 2. The summed E-state index contributed by atoms with van der Waals surface area (Å²) in [4.78, 5) is 17.2. The van der Waals surface area contributed by atoms with E-state index in [2.05, 4.69) is 58.9 Å². The fraction of sp³-hybridized carbons (Fsp3) is 0.0909. The van der Waals surface area contributed by atoms with E-state index in [0.29, 0.717) is 33.3 Å². The Morgan fingerprint density at radius 3 is 2.64 bits per heavy atom. The lowest BCUT2D eigenvalue weighted by molar-refractivity contribution is 0.102. The lowest BCUT2D eigenvalue weighted by Gasteiger charge is -2.07. The zero-order valence-electron chi connectivity index (χ0n) is 15.2. The number of anilines is 1. The molecule has 28 heavy (non-hydrogen) atoms. The maximum atomic E-state index is 12.6. The van der Waals surface area contributed by atoms with Gasteiger partial charge in [0.05, 0.1) is 10.6 Å². The van der Waals surface area contributed by atoms with Crippen LogP contribution in [0.3, 0.4) is 0 Å². The Kier molecular flexibility index (Phi) is 5.12. The molecule has 1 aromatic heterocycles. The predicted octanol–water partition coefficient (Wildman–Crippen LogP) is 6.62. The first-order chi connectivity index (χ1) is 13.4. The minimum absolute atomic E-state index is 0.263. The molecule has 0 aliphatic heterocycles. The Bertz CT molecular complexity index is 1220. The van der Waals surface area contributed by atoms with Crippen LogP contribution in [-0.2, 0) is 0 Å². The molecular weight excluding hydrogens is 487 g/mol. The van der Waals surface area contributed by atoms with Crippen molar-refractivity contribution in [3.63, 3.8) is 0 Å². The van der Waals surface area contributed by atoms with Crippen LogP contribution in [0.2, 0.25) is 5.02 Å². The second kappa shape index (κ2) is 7.56. The summed E-state index contributed by atoms with van der Waals surface area (Å²) in [6.07, 6.45) is 0. The number of nitrogens with one attached hydrogen (secondary N) is 1. The molecule has 0 radical (unpaired) electrons. The topological polar surface area (TPSA) is 55.1 Å². The molecule has 4 aromatic rings. The van der Waals surface area contributed by atoms with Crippen LogP contribution in [0, 0.1) is 17.4 Å². The summed E-state index contributed by atoms with van der Waals surface area (Å²) in [5.74, 6) is 0.294. The molecule has 6 heteroatoms. The van der Waals surface area contributed by atoms with E-state index < -0.39 is 0 Å². The maximum Gasteiger partial charge on any atom is 0.257 e. The normalized spacial score (nSPS) is 11.0. The average Bonchev–Trinajstić information content (AvgIpc) is 3.09. The fourth-order valence-corrected chi connectivity index (χ4v) is 3.57. The van der Waals surface area contributed by atoms with Gasteiger partial charge in [0.1, 0.15) is 5.52 Å². The zero-order valence-corrected chi connectivity index (χ0v) is 18.1. The lowest BCUT2D eigenvalue weighted by atomic mass is 10.1. The van der Waals surface area contributed by atoms with Gasteiger partial charge in [-0.3, -0.25) is 4.79 Å². The van der Waals surface area contributed by atoms with E-state index in [0.717, 1.165) is 9.13 Å². The van der Waals surface area contributed by atoms with Gasteiger partial charge in [0.2, 0.25) is 5.89 Å². The van der Waals surface area contributed by atoms with Crippen LogP contribution < -0.4 is 5.32 Å². The summed E-state index contributed by atoms with van der Waals surface area (Å²) >= 11 is 8.31. The van der Waals surface area contributed by atoms with Gasteiger partial charge in [-0.05, 0) is 96.1 Å². The molecule has 1 N–H and O–H groups in total. The monoisotopic (exact) mass is 502 g/mol. The first-order valence-electron chi connectivity index (χ1n) is 8.65. The molecule has 1 amide bonds. The van der Waals surface area contributed by atoms with E-state index in [1.165, 1.54) is 11.1 Å². The van der Waals surface area contributed by atoms with Crippen molar-refractivity contribution < 1.29 is 9.21 Å². The van der Waals surface area contributed by atoms with E-state index in [-0.39, 0.29) is 5.91 Å². The Hall–Kier alpha value is -2.38. The van der Waals surface area contributed by atoms with Gasteiger partial charge in [-0.2, -0.15) is 0 Å². The number of benzene rings is 3. The van der Waals surface area contributed by atoms with Crippen LogP contribution in [0.5, 0.6) is 0 Å². The summed E-state index contributed by atoms with van der Waals surface area (Å²) in [7, 11) is 0. The molecule has 0 saturated carbocycles. The van der Waals surface area contributed by atoms with Gasteiger partial charge < -0.3 is 9.73 Å². The standard InChI is InChI=1S/C22H16ClIN2O2/c1-12-3-4-14(9-13(12)2)22-26-19-11-16(6-8-20(19)28-22)25-21(27)17-10-15(24)5-7-18(17)23/h3-11H,1-2H3,(H,25,27). The Morgan fingerprint density at radius 2 is 1.86 bits per heavy atom. The number of halogens is 2. The van der Waals surface area contributed by atoms with Gasteiger partial charge in [-0.25, -0.2) is 4.98 Å². The second-order valence-electron chi connectivity index (χ2n) is 6.58. The minimum atomic E-state index is -0.263. The number of nitrogens with zero attached hydrogens (tertiary/aromatic N) is 1. The molecule has 140 valence electrons. The fourth-order valence-electron chi connectivity index (χ4n) is 2.87. The van der Waals surface area contributed by atoms with Crippen LogP contribution in [0.4, 0.5) is 5.69 Å². The molecule has 0 unspecified atom stereocenters. The largest absolute Gasteiger partial charge is 0.436 e. The Labute approximate surface area is 181 Å². The highest BCUT2D eigenvalue weighted by atomic mass is 127. The molecule has 0 bridgehead atoms. The SMILES string of the molecule is Cc1ccc(-c2nc3cc(NC(=O)c4cc(I)ccc4Cl)ccc3o2)cc1C. The highest BCUT2D eigenvalue weighted by molar-refractivity contribution is 14.1. The van der Waals surface area contributed by atoms with Crippen LogP contribution in [0.1, 0.15) is 21.5 Å². The molecule has 0 spiro atoms. The van der Waals surface area contributed by atoms with E-state index in [1.54, 1.807) is 30.3 Å². The number of rotatable bonds is 3. The van der Waals surface area contributed by atoms with Gasteiger partial charge in [-0.1, -0.05) is 17.7 Å². The van der Waals surface area contributed by atoms with Crippen molar-refractivity contribution in [1.29, 1.82) is 0 Å². The van der Waals surface area contributed by atoms with Crippen molar-refractivity contribution in [3.05, 3.63) is 79.9 Å². The average molecular weight is 503 g/mol. The second-order valence-corrected chi connectivity index (χ2v) is 8.23. The summed E-state index contributed by atoms with van der Waals surface area (Å²) in [6.45, 7) is 4.13. The van der Waals surface area contributed by atoms with Crippen LogP contribution in [0.15, 0.2) is 59.0 Å². The van der Waals surface area contributed by atoms with Crippen LogP contribution in [0.25, 0.3) is 22.6 Å². The third-order valence-electron chi connectivity index (χ3n) is 4.57. The predicted molar refractivity (Wildman–Crippen MR) is 121 cm³/mol. The lowest BCUT2D eigenvalue weighted by Crippen LogP contribution is -2.12. The number of carbonyl (C=O) groups is 1. The van der Waals surface area contributed by atoms with Crippen molar-refractivity contribution in [2.75, 3.05) is 5.32 Å². The number of fused-ring (bicyclic) bond motifs is 1. The van der Waals surface area contributed by atoms with Gasteiger partial charge >= 0.3 is 0 Å². The van der Waals surface area contributed by atoms with Crippen molar-refractivity contribution in [2.45, 2.75) is 13.8 Å². The van der Waals surface area contributed by atoms with Gasteiger partial charge in [0.25, 0.3) is 5.91 Å². The Morgan fingerprint density at radius 1 is 1.04 bits per heavy atom. The van der Waals surface area contributed by atoms with Crippen molar-refractivity contribution in [3.8, 4) is 11.5 Å². The highest BCUT2D eigenvalue weighted by Gasteiger charge is 2.13. The summed E-state index contributed by atoms with van der Waals surface area (Å²) < 4.78 is 6.82. The van der Waals surface area contributed by atoms with Gasteiger partial charge in [0.15, 0.2) is 5.58 Å². The molecule has 0 aliphatic carbocycles. The molecule has 1 heterocycles. The number of oxazole rings is 1. The molecule has 3 aromatic carbocycles. The summed E-state index contributed by atoms with van der Waals surface area (Å²) in [5.41, 5.74) is 5.74. The quantitative estimate of drug-likeness (QED) is 0.320. The molecule has 0 aliphatic rings. The van der Waals surface area contributed by atoms with Crippen molar-refractivity contribution in [2.24, 2.45) is 0 Å². The van der Waals surface area contributed by atoms with Gasteiger partial charge in [-0.15, -0.1) is 0 Å². The molecule has 0 atom stereocenters. The number of hydrogen-bond acceptors (Lipinski definition) is 3. The molecule has 4 rings (SSSR count). The molecule has 4 nitrogen and oxygen atoms in total. The van der Waals surface area contributed by atoms with E-state index >= 15 is 0 Å². The number of hydrogen-bond donors (Lipinski definition) is 1. The smallest absolute Gasteiger partial charge is 0.257 e. The van der Waals surface area contributed by atoms with Crippen LogP contribution >= 0.6 is 34.2 Å². The molecule has 0 fully saturated rings. The third kappa shape index (κ3) is 3.77. The first-order valence-corrected chi connectivity index (χ1v) is 10.1. The number of amides is 1. The molecular formula is C22H16ClIN2O2. The summed E-state index contributed by atoms with van der Waals surface area (Å²) in [5, 5.41) is 3.29. The van der Waals surface area contributed by atoms with E-state index in [1.807, 2.05) is 12.1 Å². The minimum Gasteiger partial charge on any atom is -0.436 e. The maximum absolute atomic E-state index is 12.6. The van der Waals surface area contributed by atoms with Crippen LogP contribution in [-0.4, -0.2) is 10.9 Å². The number of carbonyl (C=O) groups excluding carboxylic acids is 1. The van der Waals surface area contributed by atoms with Crippen molar-refractivity contribution >= 4 is 56.9 Å². The molecule has 0 saturated heterocycles. The third-order valence-corrected chi connectivity index (χ3v) is 5.57. The Balaban J connectivity index is 1.63. The highest BCUT2D eigenvalue weighted by Crippen LogP contribution is 2.28. The summed E-state index contributed by atoms with van der Waals surface area (Å²) in [6, 6.07) is 16.8. The van der Waals surface area contributed by atoms with Crippen molar-refractivity contribution in [1.82, 2.24) is 4.98 Å².